The number of halogens is 3. The topological polar surface area (TPSA) is 63.6 Å². The minimum atomic E-state index is -4.50. The molecule has 7 heteroatoms. The highest BCUT2D eigenvalue weighted by atomic mass is 19.4. The fourth-order valence-electron chi connectivity index (χ4n) is 1.47. The van der Waals surface area contributed by atoms with Crippen molar-refractivity contribution in [2.45, 2.75) is 19.2 Å². The molecule has 0 saturated heterocycles. The largest absolute Gasteiger partial charge is 0.478 e. The molecule has 0 radical (unpaired) electrons. The lowest BCUT2D eigenvalue weighted by Gasteiger charge is -2.18. The molecule has 1 aromatic rings. The van der Waals surface area contributed by atoms with E-state index in [9.17, 15) is 22.8 Å². The van der Waals surface area contributed by atoms with Crippen LogP contribution in [0.5, 0.6) is 0 Å². The second kappa shape index (κ2) is 5.77. The summed E-state index contributed by atoms with van der Waals surface area (Å²) in [6.45, 7) is 4.32. The molecule has 0 aliphatic rings. The minimum absolute atomic E-state index is 0.0978. The summed E-state index contributed by atoms with van der Waals surface area (Å²) in [4.78, 5) is 21.8. The van der Waals surface area contributed by atoms with Crippen LogP contribution in [0.15, 0.2) is 36.4 Å². The van der Waals surface area contributed by atoms with Gasteiger partial charge in [-0.1, -0.05) is 18.7 Å². The summed E-state index contributed by atoms with van der Waals surface area (Å²) in [5, 5.41) is 8.84. The molecule has 0 aliphatic heterocycles. The molecule has 1 atom stereocenters. The zero-order chi connectivity index (χ0) is 15.5. The van der Waals surface area contributed by atoms with E-state index in [0.29, 0.717) is 0 Å². The molecule has 0 aliphatic carbocycles. The second-order valence-electron chi connectivity index (χ2n) is 3.94. The highest BCUT2D eigenvalue weighted by molar-refractivity contribution is 5.87. The summed E-state index contributed by atoms with van der Waals surface area (Å²) in [5.74, 6) is -2.17. The standard InChI is InChI=1S/C13H11F3O4/c1-7(12(18)19)11(20-8(2)17)9-3-5-10(6-4-9)13(14,15)16/h3-6,11H,1H2,2H3,(H,18,19). The van der Waals surface area contributed by atoms with E-state index in [4.69, 9.17) is 9.84 Å². The summed E-state index contributed by atoms with van der Waals surface area (Å²) in [6.07, 6.45) is -5.83. The molecular weight excluding hydrogens is 277 g/mol. The lowest BCUT2D eigenvalue weighted by molar-refractivity contribution is -0.146. The highest BCUT2D eigenvalue weighted by Gasteiger charge is 2.31. The lowest BCUT2D eigenvalue weighted by atomic mass is 10.0. The van der Waals surface area contributed by atoms with Gasteiger partial charge in [-0.05, 0) is 17.7 Å². The second-order valence-corrected chi connectivity index (χ2v) is 3.94. The third-order valence-electron chi connectivity index (χ3n) is 2.42. The van der Waals surface area contributed by atoms with Gasteiger partial charge in [-0.3, -0.25) is 4.79 Å². The molecule has 0 heterocycles. The number of hydrogen-bond acceptors (Lipinski definition) is 3. The Morgan fingerprint density at radius 3 is 2.10 bits per heavy atom. The first-order valence-corrected chi connectivity index (χ1v) is 5.39. The average Bonchev–Trinajstić information content (AvgIpc) is 2.34. The van der Waals surface area contributed by atoms with Gasteiger partial charge < -0.3 is 9.84 Å². The smallest absolute Gasteiger partial charge is 0.416 e. The van der Waals surface area contributed by atoms with Crippen molar-refractivity contribution in [2.75, 3.05) is 0 Å². The summed E-state index contributed by atoms with van der Waals surface area (Å²) in [6, 6.07) is 3.65. The number of carboxylic acids is 1. The van der Waals surface area contributed by atoms with Crippen molar-refractivity contribution in [1.29, 1.82) is 0 Å². The van der Waals surface area contributed by atoms with E-state index in [1.807, 2.05) is 0 Å². The molecule has 1 rings (SSSR count). The molecule has 1 N–H and O–H groups in total. The van der Waals surface area contributed by atoms with Gasteiger partial charge in [-0.25, -0.2) is 4.79 Å². The Labute approximate surface area is 112 Å². The quantitative estimate of drug-likeness (QED) is 0.683. The molecule has 0 aromatic heterocycles. The molecule has 1 unspecified atom stereocenters. The summed E-state index contributed by atoms with van der Waals surface area (Å²) in [7, 11) is 0. The van der Waals surface area contributed by atoms with E-state index < -0.39 is 35.4 Å². The van der Waals surface area contributed by atoms with Gasteiger partial charge in [0.2, 0.25) is 0 Å². The Morgan fingerprint density at radius 2 is 1.75 bits per heavy atom. The number of alkyl halides is 3. The Kier molecular flexibility index (Phi) is 4.54. The first-order chi connectivity index (χ1) is 9.12. The number of aliphatic carboxylic acids is 1. The fourth-order valence-corrected chi connectivity index (χ4v) is 1.47. The van der Waals surface area contributed by atoms with Gasteiger partial charge in [-0.2, -0.15) is 13.2 Å². The normalized spacial score (nSPS) is 12.6. The van der Waals surface area contributed by atoms with Crippen molar-refractivity contribution in [1.82, 2.24) is 0 Å². The van der Waals surface area contributed by atoms with E-state index in [0.717, 1.165) is 31.2 Å². The zero-order valence-electron chi connectivity index (χ0n) is 10.4. The Balaban J connectivity index is 3.12. The van der Waals surface area contributed by atoms with Crippen LogP contribution in [0, 0.1) is 0 Å². The molecule has 0 amide bonds. The number of esters is 1. The maximum atomic E-state index is 12.4. The maximum absolute atomic E-state index is 12.4. The van der Waals surface area contributed by atoms with Gasteiger partial charge in [0, 0.05) is 6.92 Å². The molecule has 20 heavy (non-hydrogen) atoms. The van der Waals surface area contributed by atoms with E-state index in [1.54, 1.807) is 0 Å². The van der Waals surface area contributed by atoms with Crippen LogP contribution in [0.4, 0.5) is 13.2 Å². The van der Waals surface area contributed by atoms with Crippen molar-refractivity contribution < 1.29 is 32.6 Å². The summed E-state index contributed by atoms with van der Waals surface area (Å²) in [5.41, 5.74) is -1.23. The molecule has 0 spiro atoms. The number of hydrogen-bond donors (Lipinski definition) is 1. The highest BCUT2D eigenvalue weighted by Crippen LogP contribution is 2.32. The van der Waals surface area contributed by atoms with Gasteiger partial charge in [0.1, 0.15) is 0 Å². The van der Waals surface area contributed by atoms with Crippen molar-refractivity contribution >= 4 is 11.9 Å². The number of ether oxygens (including phenoxy) is 1. The van der Waals surface area contributed by atoms with Gasteiger partial charge in [0.15, 0.2) is 6.10 Å². The number of carbonyl (C=O) groups is 2. The first-order valence-electron chi connectivity index (χ1n) is 5.39. The number of carboxylic acid groups (broad SMARTS) is 1. The number of carbonyl (C=O) groups excluding carboxylic acids is 1. The Morgan fingerprint density at radius 1 is 1.25 bits per heavy atom. The van der Waals surface area contributed by atoms with Crippen LogP contribution < -0.4 is 0 Å². The molecule has 0 bridgehead atoms. The van der Waals surface area contributed by atoms with Crippen LogP contribution >= 0.6 is 0 Å². The SMILES string of the molecule is C=C(C(=O)O)C(OC(C)=O)c1ccc(C(F)(F)F)cc1. The molecule has 108 valence electrons. The van der Waals surface area contributed by atoms with Gasteiger partial charge in [-0.15, -0.1) is 0 Å². The van der Waals surface area contributed by atoms with Gasteiger partial charge >= 0.3 is 18.1 Å². The van der Waals surface area contributed by atoms with Crippen LogP contribution in [0.1, 0.15) is 24.2 Å². The van der Waals surface area contributed by atoms with Crippen LogP contribution in [-0.4, -0.2) is 17.0 Å². The summed E-state index contributed by atoms with van der Waals surface area (Å²) < 4.78 is 42.0. The van der Waals surface area contributed by atoms with E-state index >= 15 is 0 Å². The van der Waals surface area contributed by atoms with Gasteiger partial charge in [0.25, 0.3) is 0 Å². The molecular formula is C13H11F3O4. The van der Waals surface area contributed by atoms with Crippen molar-refractivity contribution in [3.8, 4) is 0 Å². The first kappa shape index (κ1) is 15.7. The Bertz CT molecular complexity index is 532. The van der Waals surface area contributed by atoms with Crippen molar-refractivity contribution in [2.24, 2.45) is 0 Å². The monoisotopic (exact) mass is 288 g/mol. The van der Waals surface area contributed by atoms with E-state index in [1.165, 1.54) is 0 Å². The maximum Gasteiger partial charge on any atom is 0.416 e. The minimum Gasteiger partial charge on any atom is -0.478 e. The number of rotatable bonds is 4. The van der Waals surface area contributed by atoms with Crippen LogP contribution in [-0.2, 0) is 20.5 Å². The molecule has 4 nitrogen and oxygen atoms in total. The summed E-state index contributed by atoms with van der Waals surface area (Å²) >= 11 is 0. The molecule has 1 aromatic carbocycles. The average molecular weight is 288 g/mol. The fraction of sp³-hybridized carbons (Fsp3) is 0.231. The lowest BCUT2D eigenvalue weighted by Crippen LogP contribution is -2.16. The predicted octanol–water partition coefficient (Wildman–Crippen LogP) is 2.95. The third-order valence-corrected chi connectivity index (χ3v) is 2.42. The van der Waals surface area contributed by atoms with Crippen molar-refractivity contribution in [3.63, 3.8) is 0 Å². The molecule has 0 saturated carbocycles. The third kappa shape index (κ3) is 3.84. The van der Waals surface area contributed by atoms with Crippen LogP contribution in [0.3, 0.4) is 0 Å². The van der Waals surface area contributed by atoms with E-state index in [2.05, 4.69) is 6.58 Å². The molecule has 0 fully saturated rings. The predicted molar refractivity (Wildman–Crippen MR) is 62.7 cm³/mol. The zero-order valence-corrected chi connectivity index (χ0v) is 10.4. The van der Waals surface area contributed by atoms with E-state index in [-0.39, 0.29) is 5.56 Å². The van der Waals surface area contributed by atoms with Crippen LogP contribution in [0.25, 0.3) is 0 Å². The van der Waals surface area contributed by atoms with Crippen molar-refractivity contribution in [3.05, 3.63) is 47.5 Å². The Hall–Kier alpha value is -2.31. The van der Waals surface area contributed by atoms with Gasteiger partial charge in [0.05, 0.1) is 11.1 Å². The van der Waals surface area contributed by atoms with Crippen LogP contribution in [0.2, 0.25) is 0 Å². The number of benzene rings is 1.